The third kappa shape index (κ3) is 3.67. The number of likely N-dealkylation sites (tertiary alicyclic amines) is 1. The lowest BCUT2D eigenvalue weighted by atomic mass is 9.95. The number of β-amino-alcohol motifs (C(OH)–C–C–N with tert-alkyl or cyclic N) is 1. The SMILES string of the molecule is CC1(O)CCCN(C(=O)/C=C/c2ccc(Br)s2)C1. The summed E-state index contributed by atoms with van der Waals surface area (Å²) in [7, 11) is 0. The van der Waals surface area contributed by atoms with Crippen LogP contribution < -0.4 is 0 Å². The quantitative estimate of drug-likeness (QED) is 0.847. The number of aliphatic hydroxyl groups is 1. The zero-order valence-electron chi connectivity index (χ0n) is 10.2. The van der Waals surface area contributed by atoms with Gasteiger partial charge in [0.25, 0.3) is 0 Å². The van der Waals surface area contributed by atoms with Gasteiger partial charge in [0.2, 0.25) is 5.91 Å². The van der Waals surface area contributed by atoms with E-state index < -0.39 is 5.60 Å². The number of amides is 1. The second-order valence-electron chi connectivity index (χ2n) is 4.84. The maximum Gasteiger partial charge on any atom is 0.246 e. The van der Waals surface area contributed by atoms with Crippen molar-refractivity contribution in [1.29, 1.82) is 0 Å². The van der Waals surface area contributed by atoms with Crippen molar-refractivity contribution in [3.8, 4) is 0 Å². The van der Waals surface area contributed by atoms with E-state index in [1.807, 2.05) is 18.2 Å². The van der Waals surface area contributed by atoms with E-state index in [9.17, 15) is 9.90 Å². The smallest absolute Gasteiger partial charge is 0.246 e. The maximum absolute atomic E-state index is 12.0. The molecule has 3 nitrogen and oxygen atoms in total. The Hall–Kier alpha value is -0.650. The zero-order valence-corrected chi connectivity index (χ0v) is 12.6. The molecule has 0 bridgehead atoms. The highest BCUT2D eigenvalue weighted by molar-refractivity contribution is 9.11. The number of carbonyl (C=O) groups is 1. The average molecular weight is 330 g/mol. The van der Waals surface area contributed by atoms with Crippen LogP contribution in [0.15, 0.2) is 22.0 Å². The number of hydrogen-bond donors (Lipinski definition) is 1. The van der Waals surface area contributed by atoms with Crippen LogP contribution in [0.4, 0.5) is 0 Å². The van der Waals surface area contributed by atoms with Gasteiger partial charge in [0.15, 0.2) is 0 Å². The third-order valence-electron chi connectivity index (χ3n) is 2.97. The monoisotopic (exact) mass is 329 g/mol. The number of hydrogen-bond acceptors (Lipinski definition) is 3. The second-order valence-corrected chi connectivity index (χ2v) is 7.33. The van der Waals surface area contributed by atoms with E-state index in [1.54, 1.807) is 29.2 Å². The van der Waals surface area contributed by atoms with E-state index in [2.05, 4.69) is 15.9 Å². The van der Waals surface area contributed by atoms with Gasteiger partial charge in [-0.3, -0.25) is 4.79 Å². The number of rotatable bonds is 2. The highest BCUT2D eigenvalue weighted by atomic mass is 79.9. The Bertz CT molecular complexity index is 467. The van der Waals surface area contributed by atoms with Crippen LogP contribution in [0.5, 0.6) is 0 Å². The number of halogens is 1. The lowest BCUT2D eigenvalue weighted by Crippen LogP contribution is -2.48. The van der Waals surface area contributed by atoms with E-state index in [4.69, 9.17) is 0 Å². The number of piperidine rings is 1. The first-order chi connectivity index (χ1) is 8.46. The molecule has 1 fully saturated rings. The molecular formula is C13H16BrNO2S. The van der Waals surface area contributed by atoms with Crippen molar-refractivity contribution < 1.29 is 9.90 Å². The Morgan fingerprint density at radius 1 is 1.61 bits per heavy atom. The minimum absolute atomic E-state index is 0.0282. The van der Waals surface area contributed by atoms with Crippen molar-refractivity contribution in [3.05, 3.63) is 26.9 Å². The molecule has 1 aromatic heterocycles. The van der Waals surface area contributed by atoms with Crippen LogP contribution >= 0.6 is 27.3 Å². The molecule has 1 aliphatic heterocycles. The predicted molar refractivity (Wildman–Crippen MR) is 77.5 cm³/mol. The van der Waals surface area contributed by atoms with Crippen LogP contribution in [-0.2, 0) is 4.79 Å². The van der Waals surface area contributed by atoms with Crippen LogP contribution in [0, 0.1) is 0 Å². The van der Waals surface area contributed by atoms with Crippen LogP contribution in [0.3, 0.4) is 0 Å². The minimum Gasteiger partial charge on any atom is -0.388 e. The molecule has 0 aliphatic carbocycles. The molecular weight excluding hydrogens is 314 g/mol. The van der Waals surface area contributed by atoms with Crippen LogP contribution in [0.25, 0.3) is 6.08 Å². The summed E-state index contributed by atoms with van der Waals surface area (Å²) in [6.45, 7) is 2.93. The van der Waals surface area contributed by atoms with E-state index in [0.29, 0.717) is 6.54 Å². The van der Waals surface area contributed by atoms with Gasteiger partial charge in [-0.2, -0.15) is 0 Å². The topological polar surface area (TPSA) is 40.5 Å². The molecule has 1 aromatic rings. The summed E-state index contributed by atoms with van der Waals surface area (Å²) in [5.74, 6) is -0.0282. The fourth-order valence-electron chi connectivity index (χ4n) is 2.08. The molecule has 0 spiro atoms. The average Bonchev–Trinajstić information content (AvgIpc) is 2.70. The van der Waals surface area contributed by atoms with Gasteiger partial charge < -0.3 is 10.0 Å². The minimum atomic E-state index is -0.742. The molecule has 1 saturated heterocycles. The lowest BCUT2D eigenvalue weighted by molar-refractivity contribution is -0.132. The van der Waals surface area contributed by atoms with Crippen molar-refractivity contribution in [3.63, 3.8) is 0 Å². The molecule has 2 rings (SSSR count). The van der Waals surface area contributed by atoms with Gasteiger partial charge >= 0.3 is 0 Å². The summed E-state index contributed by atoms with van der Waals surface area (Å²) in [5, 5.41) is 9.96. The van der Waals surface area contributed by atoms with Crippen molar-refractivity contribution in [2.24, 2.45) is 0 Å². The predicted octanol–water partition coefficient (Wildman–Crippen LogP) is 2.90. The molecule has 1 amide bonds. The summed E-state index contributed by atoms with van der Waals surface area (Å²) >= 11 is 4.97. The van der Waals surface area contributed by atoms with Gasteiger partial charge in [0.05, 0.1) is 9.39 Å². The molecule has 5 heteroatoms. The van der Waals surface area contributed by atoms with Crippen LogP contribution in [0.2, 0.25) is 0 Å². The van der Waals surface area contributed by atoms with Crippen molar-refractivity contribution in [1.82, 2.24) is 4.90 Å². The normalized spacial score (nSPS) is 24.7. The largest absolute Gasteiger partial charge is 0.388 e. The summed E-state index contributed by atoms with van der Waals surface area (Å²) in [4.78, 5) is 14.7. The highest BCUT2D eigenvalue weighted by Crippen LogP contribution is 2.24. The van der Waals surface area contributed by atoms with Gasteiger partial charge in [-0.05, 0) is 53.9 Å². The van der Waals surface area contributed by atoms with Crippen LogP contribution in [-0.4, -0.2) is 34.6 Å². The summed E-state index contributed by atoms with van der Waals surface area (Å²) in [5.41, 5.74) is -0.742. The Balaban J connectivity index is 1.97. The van der Waals surface area contributed by atoms with Crippen molar-refractivity contribution in [2.75, 3.05) is 13.1 Å². The molecule has 1 atom stereocenters. The maximum atomic E-state index is 12.0. The molecule has 98 valence electrons. The fraction of sp³-hybridized carbons (Fsp3) is 0.462. The van der Waals surface area contributed by atoms with Gasteiger partial charge in [-0.1, -0.05) is 0 Å². The number of thiophene rings is 1. The van der Waals surface area contributed by atoms with E-state index in [-0.39, 0.29) is 5.91 Å². The number of carbonyl (C=O) groups excluding carboxylic acids is 1. The fourth-order valence-corrected chi connectivity index (χ4v) is 3.41. The van der Waals surface area contributed by atoms with Crippen molar-refractivity contribution in [2.45, 2.75) is 25.4 Å². The molecule has 1 unspecified atom stereocenters. The first-order valence-electron chi connectivity index (χ1n) is 5.91. The van der Waals surface area contributed by atoms with Crippen LogP contribution in [0.1, 0.15) is 24.6 Å². The molecule has 18 heavy (non-hydrogen) atoms. The van der Waals surface area contributed by atoms with E-state index in [1.165, 1.54) is 0 Å². The Morgan fingerprint density at radius 2 is 2.39 bits per heavy atom. The molecule has 2 heterocycles. The van der Waals surface area contributed by atoms with Gasteiger partial charge in [-0.15, -0.1) is 11.3 Å². The summed E-state index contributed by atoms with van der Waals surface area (Å²) in [6, 6.07) is 3.92. The second kappa shape index (κ2) is 5.55. The molecule has 0 saturated carbocycles. The Morgan fingerprint density at radius 3 is 3.00 bits per heavy atom. The zero-order chi connectivity index (χ0) is 13.2. The van der Waals surface area contributed by atoms with E-state index in [0.717, 1.165) is 28.0 Å². The molecule has 0 radical (unpaired) electrons. The molecule has 1 N–H and O–H groups in total. The highest BCUT2D eigenvalue weighted by Gasteiger charge is 2.29. The summed E-state index contributed by atoms with van der Waals surface area (Å²) < 4.78 is 1.05. The summed E-state index contributed by atoms with van der Waals surface area (Å²) in [6.07, 6.45) is 5.02. The van der Waals surface area contributed by atoms with Gasteiger partial charge in [0.1, 0.15) is 0 Å². The third-order valence-corrected chi connectivity index (χ3v) is 4.56. The first kappa shape index (κ1) is 13.8. The first-order valence-corrected chi connectivity index (χ1v) is 7.52. The molecule has 0 aromatic carbocycles. The van der Waals surface area contributed by atoms with Crippen molar-refractivity contribution >= 4 is 39.2 Å². The Kier molecular flexibility index (Phi) is 4.25. The standard InChI is InChI=1S/C13H16BrNO2S/c1-13(17)7-2-8-15(9-13)12(16)6-4-10-3-5-11(14)18-10/h3-6,17H,2,7-9H2,1H3/b6-4+. The Labute approximate surface area is 119 Å². The van der Waals surface area contributed by atoms with Gasteiger partial charge in [-0.25, -0.2) is 0 Å². The number of nitrogens with zero attached hydrogens (tertiary/aromatic N) is 1. The van der Waals surface area contributed by atoms with E-state index >= 15 is 0 Å². The van der Waals surface area contributed by atoms with Gasteiger partial charge in [0, 0.05) is 24.0 Å². The lowest BCUT2D eigenvalue weighted by Gasteiger charge is -2.36. The molecule has 1 aliphatic rings.